The molecule has 0 saturated carbocycles. The SMILES string of the molecule is COC(=O)c1ccc(Sc2ccccc2-c2cn(-c3c(F)cccc3OC)nn2)cc1. The quantitative estimate of drug-likeness (QED) is 0.396. The third-order valence-electron chi connectivity index (χ3n) is 4.56. The van der Waals surface area contributed by atoms with Crippen molar-refractivity contribution >= 4 is 17.7 Å². The zero-order chi connectivity index (χ0) is 21.8. The van der Waals surface area contributed by atoms with Gasteiger partial charge in [0.1, 0.15) is 17.1 Å². The molecule has 6 nitrogen and oxygen atoms in total. The predicted molar refractivity (Wildman–Crippen MR) is 115 cm³/mol. The lowest BCUT2D eigenvalue weighted by Crippen LogP contribution is -2.01. The Morgan fingerprint density at radius 1 is 1.00 bits per heavy atom. The summed E-state index contributed by atoms with van der Waals surface area (Å²) in [5.74, 6) is -0.467. The average Bonchev–Trinajstić information content (AvgIpc) is 3.28. The Morgan fingerprint density at radius 3 is 2.52 bits per heavy atom. The second kappa shape index (κ2) is 9.01. The van der Waals surface area contributed by atoms with Crippen LogP contribution in [0.3, 0.4) is 0 Å². The molecule has 0 bridgehead atoms. The molecule has 0 spiro atoms. The van der Waals surface area contributed by atoms with Crippen molar-refractivity contribution < 1.29 is 18.7 Å². The molecule has 4 aromatic rings. The van der Waals surface area contributed by atoms with Gasteiger partial charge in [-0.25, -0.2) is 13.9 Å². The normalized spacial score (nSPS) is 10.7. The van der Waals surface area contributed by atoms with Gasteiger partial charge in [0.15, 0.2) is 5.82 Å². The van der Waals surface area contributed by atoms with Gasteiger partial charge in [-0.2, -0.15) is 0 Å². The lowest BCUT2D eigenvalue weighted by atomic mass is 10.2. The minimum Gasteiger partial charge on any atom is -0.494 e. The number of methoxy groups -OCH3 is 2. The van der Waals surface area contributed by atoms with Crippen LogP contribution in [0.1, 0.15) is 10.4 Å². The van der Waals surface area contributed by atoms with Crippen molar-refractivity contribution in [2.75, 3.05) is 14.2 Å². The Labute approximate surface area is 182 Å². The Bertz CT molecular complexity index is 1220. The van der Waals surface area contributed by atoms with Crippen LogP contribution in [-0.4, -0.2) is 35.2 Å². The highest BCUT2D eigenvalue weighted by Gasteiger charge is 2.16. The average molecular weight is 435 g/mol. The summed E-state index contributed by atoms with van der Waals surface area (Å²) >= 11 is 1.53. The first kappa shape index (κ1) is 20.6. The lowest BCUT2D eigenvalue weighted by Gasteiger charge is -2.08. The van der Waals surface area contributed by atoms with E-state index in [-0.39, 0.29) is 11.7 Å². The zero-order valence-electron chi connectivity index (χ0n) is 16.8. The highest BCUT2D eigenvalue weighted by Crippen LogP contribution is 2.36. The lowest BCUT2D eigenvalue weighted by molar-refractivity contribution is 0.0600. The van der Waals surface area contributed by atoms with Crippen molar-refractivity contribution in [3.63, 3.8) is 0 Å². The predicted octanol–water partition coefficient (Wildman–Crippen LogP) is 5.02. The summed E-state index contributed by atoms with van der Waals surface area (Å²) in [5.41, 5.74) is 2.14. The van der Waals surface area contributed by atoms with Crippen LogP contribution in [0.2, 0.25) is 0 Å². The first-order valence-corrected chi connectivity index (χ1v) is 10.1. The highest BCUT2D eigenvalue weighted by molar-refractivity contribution is 7.99. The molecule has 0 unspecified atom stereocenters. The van der Waals surface area contributed by atoms with Crippen LogP contribution in [0.5, 0.6) is 5.75 Å². The van der Waals surface area contributed by atoms with Crippen molar-refractivity contribution in [2.24, 2.45) is 0 Å². The maximum Gasteiger partial charge on any atom is 0.337 e. The number of nitrogens with zero attached hydrogens (tertiary/aromatic N) is 3. The second-order valence-corrected chi connectivity index (χ2v) is 7.57. The molecule has 1 aromatic heterocycles. The fourth-order valence-corrected chi connectivity index (χ4v) is 4.01. The van der Waals surface area contributed by atoms with E-state index in [0.29, 0.717) is 17.0 Å². The van der Waals surface area contributed by atoms with E-state index in [1.807, 2.05) is 36.4 Å². The number of ether oxygens (including phenoxy) is 2. The van der Waals surface area contributed by atoms with E-state index in [2.05, 4.69) is 10.3 Å². The molecule has 1 heterocycles. The molecule has 0 N–H and O–H groups in total. The first-order valence-electron chi connectivity index (χ1n) is 9.31. The molecule has 3 aromatic carbocycles. The molecule has 31 heavy (non-hydrogen) atoms. The molecule has 0 radical (unpaired) electrons. The topological polar surface area (TPSA) is 66.2 Å². The molecule has 8 heteroatoms. The van der Waals surface area contributed by atoms with Gasteiger partial charge in [0.05, 0.1) is 26.0 Å². The first-order chi connectivity index (χ1) is 15.1. The molecular weight excluding hydrogens is 417 g/mol. The molecular formula is C23H18FN3O3S. The fraction of sp³-hybridized carbons (Fsp3) is 0.0870. The molecule has 4 rings (SSSR count). The van der Waals surface area contributed by atoms with Crippen LogP contribution in [0.15, 0.2) is 82.7 Å². The maximum atomic E-state index is 14.4. The van der Waals surface area contributed by atoms with E-state index in [1.54, 1.807) is 30.5 Å². The third-order valence-corrected chi connectivity index (χ3v) is 5.64. The standard InChI is InChI=1S/C23H18FN3O3S/c1-29-20-8-5-7-18(24)22(20)27-14-19(25-26-27)17-6-3-4-9-21(17)31-16-12-10-15(11-13-16)23(28)30-2/h3-14H,1-2H3. The number of carbonyl (C=O) groups excluding carboxylic acids is 1. The van der Waals surface area contributed by atoms with Gasteiger partial charge in [-0.15, -0.1) is 5.10 Å². The van der Waals surface area contributed by atoms with Crippen molar-refractivity contribution in [1.29, 1.82) is 0 Å². The van der Waals surface area contributed by atoms with Gasteiger partial charge >= 0.3 is 5.97 Å². The summed E-state index contributed by atoms with van der Waals surface area (Å²) in [7, 11) is 2.83. The minimum atomic E-state index is -0.454. The summed E-state index contributed by atoms with van der Waals surface area (Å²) in [6.45, 7) is 0. The number of esters is 1. The van der Waals surface area contributed by atoms with E-state index in [4.69, 9.17) is 9.47 Å². The fourth-order valence-electron chi connectivity index (χ4n) is 3.05. The van der Waals surface area contributed by atoms with Gasteiger partial charge in [-0.1, -0.05) is 41.2 Å². The van der Waals surface area contributed by atoms with Crippen LogP contribution in [0.25, 0.3) is 16.9 Å². The molecule has 0 fully saturated rings. The molecule has 0 atom stereocenters. The van der Waals surface area contributed by atoms with Crippen LogP contribution >= 0.6 is 11.8 Å². The van der Waals surface area contributed by atoms with Gasteiger partial charge in [0.2, 0.25) is 0 Å². The van der Waals surface area contributed by atoms with Crippen molar-refractivity contribution in [3.8, 4) is 22.7 Å². The zero-order valence-corrected chi connectivity index (χ0v) is 17.6. The number of hydrogen-bond acceptors (Lipinski definition) is 6. The van der Waals surface area contributed by atoms with E-state index in [9.17, 15) is 9.18 Å². The molecule has 0 saturated heterocycles. The van der Waals surface area contributed by atoms with Crippen molar-refractivity contribution in [1.82, 2.24) is 15.0 Å². The largest absolute Gasteiger partial charge is 0.494 e. The Hall–Kier alpha value is -3.65. The summed E-state index contributed by atoms with van der Waals surface area (Å²) in [5, 5.41) is 8.35. The van der Waals surface area contributed by atoms with E-state index >= 15 is 0 Å². The number of carbonyl (C=O) groups is 1. The van der Waals surface area contributed by atoms with Crippen LogP contribution in [0, 0.1) is 5.82 Å². The van der Waals surface area contributed by atoms with E-state index in [1.165, 1.54) is 36.7 Å². The van der Waals surface area contributed by atoms with E-state index in [0.717, 1.165) is 15.4 Å². The number of benzene rings is 3. The maximum absolute atomic E-state index is 14.4. The Balaban J connectivity index is 1.65. The number of aromatic nitrogens is 3. The Kier molecular flexibility index (Phi) is 5.99. The number of para-hydroxylation sites is 1. The Morgan fingerprint density at radius 2 is 1.77 bits per heavy atom. The second-order valence-electron chi connectivity index (χ2n) is 6.45. The molecule has 0 amide bonds. The van der Waals surface area contributed by atoms with Crippen molar-refractivity contribution in [2.45, 2.75) is 9.79 Å². The van der Waals surface area contributed by atoms with Gasteiger partial charge in [0, 0.05) is 15.4 Å². The molecule has 0 aliphatic carbocycles. The van der Waals surface area contributed by atoms with Gasteiger partial charge in [-0.3, -0.25) is 0 Å². The monoisotopic (exact) mass is 435 g/mol. The van der Waals surface area contributed by atoms with Crippen LogP contribution in [-0.2, 0) is 4.74 Å². The number of halogens is 1. The smallest absolute Gasteiger partial charge is 0.337 e. The van der Waals surface area contributed by atoms with Gasteiger partial charge < -0.3 is 9.47 Å². The number of rotatable bonds is 6. The summed E-state index contributed by atoms with van der Waals surface area (Å²) < 4.78 is 25.8. The summed E-state index contributed by atoms with van der Waals surface area (Å²) in [6, 6.07) is 19.5. The summed E-state index contributed by atoms with van der Waals surface area (Å²) in [6.07, 6.45) is 1.67. The van der Waals surface area contributed by atoms with Crippen LogP contribution < -0.4 is 4.74 Å². The molecule has 0 aliphatic heterocycles. The van der Waals surface area contributed by atoms with Crippen LogP contribution in [0.4, 0.5) is 4.39 Å². The molecule has 0 aliphatic rings. The van der Waals surface area contributed by atoms with Gasteiger partial charge in [-0.05, 0) is 42.5 Å². The third kappa shape index (κ3) is 4.29. The van der Waals surface area contributed by atoms with Crippen molar-refractivity contribution in [3.05, 3.63) is 84.3 Å². The highest BCUT2D eigenvalue weighted by atomic mass is 32.2. The molecule has 156 valence electrons. The van der Waals surface area contributed by atoms with E-state index < -0.39 is 5.82 Å². The minimum absolute atomic E-state index is 0.201. The van der Waals surface area contributed by atoms with Gasteiger partial charge in [0.25, 0.3) is 0 Å². The number of hydrogen-bond donors (Lipinski definition) is 0. The summed E-state index contributed by atoms with van der Waals surface area (Å²) in [4.78, 5) is 13.5.